The van der Waals surface area contributed by atoms with Crippen LogP contribution in [0.25, 0.3) is 5.82 Å². The number of halogens is 3. The molecular weight excluding hydrogens is 321 g/mol. The molecule has 0 bridgehead atoms. The quantitative estimate of drug-likeness (QED) is 0.931. The minimum Gasteiger partial charge on any atom is -0.323 e. The van der Waals surface area contributed by atoms with Gasteiger partial charge in [-0.15, -0.1) is 0 Å². The average molecular weight is 338 g/mol. The van der Waals surface area contributed by atoms with Crippen molar-refractivity contribution >= 4 is 11.6 Å². The van der Waals surface area contributed by atoms with Crippen molar-refractivity contribution in [2.75, 3.05) is 5.32 Å². The summed E-state index contributed by atoms with van der Waals surface area (Å²) in [6, 6.07) is 5.03. The second kappa shape index (κ2) is 6.62. The molecule has 0 unspecified atom stereocenters. The van der Waals surface area contributed by atoms with E-state index in [1.165, 1.54) is 4.68 Å². The molecule has 0 aliphatic heterocycles. The van der Waals surface area contributed by atoms with Crippen molar-refractivity contribution in [2.24, 2.45) is 11.8 Å². The van der Waals surface area contributed by atoms with Crippen molar-refractivity contribution < 1.29 is 18.0 Å². The Morgan fingerprint density at radius 1 is 1.25 bits per heavy atom. The molecule has 128 valence electrons. The second-order valence-corrected chi connectivity index (χ2v) is 5.92. The number of aromatic nitrogens is 3. The topological polar surface area (TPSA) is 59.8 Å². The van der Waals surface area contributed by atoms with Gasteiger partial charge in [0.15, 0.2) is 5.82 Å². The van der Waals surface area contributed by atoms with Gasteiger partial charge in [-0.2, -0.15) is 18.3 Å². The van der Waals surface area contributed by atoms with Gasteiger partial charge in [0.1, 0.15) is 0 Å². The van der Waals surface area contributed by atoms with Crippen molar-refractivity contribution in [1.82, 2.24) is 14.8 Å². The van der Waals surface area contributed by atoms with Crippen molar-refractivity contribution in [1.29, 1.82) is 0 Å². The average Bonchev–Trinajstić information content (AvgIpc) is 3.09. The molecule has 1 aliphatic carbocycles. The summed E-state index contributed by atoms with van der Waals surface area (Å²) in [4.78, 5) is 16.6. The smallest absolute Gasteiger partial charge is 0.323 e. The van der Waals surface area contributed by atoms with E-state index in [-0.39, 0.29) is 12.8 Å². The third-order valence-corrected chi connectivity index (χ3v) is 4.27. The Balaban J connectivity index is 1.74. The first-order valence-corrected chi connectivity index (χ1v) is 7.78. The zero-order chi connectivity index (χ0) is 17.2. The second-order valence-electron chi connectivity index (χ2n) is 5.92. The number of nitrogens with one attached hydrogen (secondary N) is 1. The fourth-order valence-electron chi connectivity index (χ4n) is 3.03. The van der Waals surface area contributed by atoms with Gasteiger partial charge in [-0.1, -0.05) is 6.42 Å². The van der Waals surface area contributed by atoms with Gasteiger partial charge in [0.05, 0.1) is 11.6 Å². The number of nitrogens with zero attached hydrogens (tertiary/aromatic N) is 3. The van der Waals surface area contributed by atoms with Gasteiger partial charge in [-0.05, 0) is 37.5 Å². The maximum Gasteiger partial charge on any atom is 0.391 e. The first-order valence-electron chi connectivity index (χ1n) is 7.78. The molecule has 1 aliphatic rings. The predicted octanol–water partition coefficient (Wildman–Crippen LogP) is 3.57. The van der Waals surface area contributed by atoms with E-state index < -0.39 is 23.9 Å². The van der Waals surface area contributed by atoms with Crippen LogP contribution in [0.15, 0.2) is 36.8 Å². The highest BCUT2D eigenvalue weighted by Gasteiger charge is 2.43. The van der Waals surface area contributed by atoms with Crippen LogP contribution in [0, 0.1) is 11.8 Å². The molecule has 2 heterocycles. The number of anilines is 1. The van der Waals surface area contributed by atoms with E-state index in [4.69, 9.17) is 0 Å². The number of hydrogen-bond acceptors (Lipinski definition) is 3. The first kappa shape index (κ1) is 16.5. The number of pyridine rings is 1. The van der Waals surface area contributed by atoms with E-state index in [2.05, 4.69) is 15.4 Å². The van der Waals surface area contributed by atoms with Gasteiger partial charge in [0.25, 0.3) is 0 Å². The summed E-state index contributed by atoms with van der Waals surface area (Å²) in [6.07, 6.45) is 1.39. The molecule has 1 amide bonds. The molecule has 5 nitrogen and oxygen atoms in total. The monoisotopic (exact) mass is 338 g/mol. The van der Waals surface area contributed by atoms with Crippen LogP contribution >= 0.6 is 0 Å². The molecule has 24 heavy (non-hydrogen) atoms. The summed E-state index contributed by atoms with van der Waals surface area (Å²) in [5.74, 6) is -2.01. The van der Waals surface area contributed by atoms with E-state index in [1.807, 2.05) is 0 Å². The molecular formula is C16H17F3N4O. The van der Waals surface area contributed by atoms with Crippen molar-refractivity contribution in [3.05, 3.63) is 36.8 Å². The van der Waals surface area contributed by atoms with Crippen LogP contribution in [-0.2, 0) is 4.79 Å². The number of amides is 1. The Morgan fingerprint density at radius 3 is 2.79 bits per heavy atom. The highest BCUT2D eigenvalue weighted by molar-refractivity contribution is 5.94. The minimum absolute atomic E-state index is 0.0959. The van der Waals surface area contributed by atoms with Crippen molar-refractivity contribution in [3.63, 3.8) is 0 Å². The van der Waals surface area contributed by atoms with Crippen LogP contribution in [0.1, 0.15) is 25.7 Å². The van der Waals surface area contributed by atoms with Gasteiger partial charge in [-0.3, -0.25) is 4.79 Å². The van der Waals surface area contributed by atoms with E-state index in [0.717, 1.165) is 0 Å². The van der Waals surface area contributed by atoms with Gasteiger partial charge >= 0.3 is 6.18 Å². The minimum atomic E-state index is -4.24. The molecule has 2 aromatic rings. The number of carbonyl (C=O) groups excluding carboxylic acids is 1. The lowest BCUT2D eigenvalue weighted by atomic mass is 9.80. The molecule has 0 radical (unpaired) electrons. The van der Waals surface area contributed by atoms with Crippen LogP contribution < -0.4 is 5.32 Å². The normalized spacial score (nSPS) is 21.5. The summed E-state index contributed by atoms with van der Waals surface area (Å²) in [6.45, 7) is 0. The van der Waals surface area contributed by atoms with Gasteiger partial charge in [-0.25, -0.2) is 9.67 Å². The molecule has 0 spiro atoms. The number of carbonyl (C=O) groups is 1. The highest BCUT2D eigenvalue weighted by atomic mass is 19.4. The molecule has 2 atom stereocenters. The summed E-state index contributed by atoms with van der Waals surface area (Å²) < 4.78 is 40.2. The SMILES string of the molecule is O=C(Nc1cccnc1-n1cccn1)[C@@H]1CCC[C@@H](C(F)(F)F)C1. The Labute approximate surface area is 136 Å². The van der Waals surface area contributed by atoms with E-state index >= 15 is 0 Å². The Hall–Kier alpha value is -2.38. The third kappa shape index (κ3) is 3.58. The number of alkyl halides is 3. The third-order valence-electron chi connectivity index (χ3n) is 4.27. The fraction of sp³-hybridized carbons (Fsp3) is 0.438. The van der Waals surface area contributed by atoms with E-state index in [0.29, 0.717) is 24.3 Å². The lowest BCUT2D eigenvalue weighted by molar-refractivity contribution is -0.185. The Kier molecular flexibility index (Phi) is 4.55. The molecule has 2 aromatic heterocycles. The molecule has 3 rings (SSSR count). The predicted molar refractivity (Wildman–Crippen MR) is 81.5 cm³/mol. The molecule has 1 N–H and O–H groups in total. The lowest BCUT2D eigenvalue weighted by Crippen LogP contribution is -2.34. The van der Waals surface area contributed by atoms with Crippen LogP contribution in [0.3, 0.4) is 0 Å². The van der Waals surface area contributed by atoms with Gasteiger partial charge in [0, 0.05) is 24.5 Å². The lowest BCUT2D eigenvalue weighted by Gasteiger charge is -2.29. The zero-order valence-corrected chi connectivity index (χ0v) is 12.8. The van der Waals surface area contributed by atoms with Crippen LogP contribution in [0.5, 0.6) is 0 Å². The Bertz CT molecular complexity index is 700. The molecule has 1 saturated carbocycles. The summed E-state index contributed by atoms with van der Waals surface area (Å²) >= 11 is 0. The van der Waals surface area contributed by atoms with Crippen molar-refractivity contribution in [3.8, 4) is 5.82 Å². The molecule has 0 aromatic carbocycles. The van der Waals surface area contributed by atoms with Crippen molar-refractivity contribution in [2.45, 2.75) is 31.9 Å². The highest BCUT2D eigenvalue weighted by Crippen LogP contribution is 2.40. The number of hydrogen-bond donors (Lipinski definition) is 1. The molecule has 8 heteroatoms. The van der Waals surface area contributed by atoms with Gasteiger partial charge < -0.3 is 5.32 Å². The maximum absolute atomic E-state index is 12.9. The Morgan fingerprint density at radius 2 is 2.08 bits per heavy atom. The fourth-order valence-corrected chi connectivity index (χ4v) is 3.03. The van der Waals surface area contributed by atoms with Crippen LogP contribution in [0.2, 0.25) is 0 Å². The molecule has 1 fully saturated rings. The van der Waals surface area contributed by atoms with E-state index in [9.17, 15) is 18.0 Å². The zero-order valence-electron chi connectivity index (χ0n) is 12.8. The number of rotatable bonds is 3. The van der Waals surface area contributed by atoms with Crippen LogP contribution in [-0.4, -0.2) is 26.8 Å². The summed E-state index contributed by atoms with van der Waals surface area (Å²) in [5, 5.41) is 6.78. The molecule has 0 saturated heterocycles. The first-order chi connectivity index (χ1) is 11.4. The van der Waals surface area contributed by atoms with Gasteiger partial charge in [0.2, 0.25) is 5.91 Å². The summed E-state index contributed by atoms with van der Waals surface area (Å²) in [5.41, 5.74) is 0.431. The largest absolute Gasteiger partial charge is 0.391 e. The maximum atomic E-state index is 12.9. The van der Waals surface area contributed by atoms with E-state index in [1.54, 1.807) is 36.8 Å². The summed E-state index contributed by atoms with van der Waals surface area (Å²) in [7, 11) is 0. The standard InChI is InChI=1S/C16H17F3N4O/c17-16(18,19)12-5-1-4-11(10-12)15(24)22-13-6-2-7-20-14(13)23-9-3-8-21-23/h2-3,6-9,11-12H,1,4-5,10H2,(H,22,24)/t11-,12-/m1/s1. The van der Waals surface area contributed by atoms with Crippen LogP contribution in [0.4, 0.5) is 18.9 Å².